The van der Waals surface area contributed by atoms with Gasteiger partial charge in [-0.15, -0.1) is 0 Å². The van der Waals surface area contributed by atoms with Gasteiger partial charge in [0, 0.05) is 29.2 Å². The quantitative estimate of drug-likeness (QED) is 0.794. The minimum atomic E-state index is -1.23. The Morgan fingerprint density at radius 3 is 2.55 bits per heavy atom. The van der Waals surface area contributed by atoms with Crippen molar-refractivity contribution in [2.24, 2.45) is 0 Å². The lowest BCUT2D eigenvalue weighted by atomic mass is 10.1. The molecule has 1 heterocycles. The van der Waals surface area contributed by atoms with Crippen LogP contribution in [0.25, 0.3) is 0 Å². The normalized spacial score (nSPS) is 10.1. The first-order valence-corrected chi connectivity index (χ1v) is 5.77. The summed E-state index contributed by atoms with van der Waals surface area (Å²) in [6.45, 7) is 1.77. The summed E-state index contributed by atoms with van der Waals surface area (Å²) in [5.41, 5.74) is 1.23. The van der Waals surface area contributed by atoms with E-state index in [1.807, 2.05) is 0 Å². The smallest absolute Gasteiger partial charge is 0.339 e. The zero-order valence-electron chi connectivity index (χ0n) is 10.6. The van der Waals surface area contributed by atoms with Crippen LogP contribution in [-0.2, 0) is 0 Å². The number of aromatic hydroxyl groups is 1. The average molecular weight is 272 g/mol. The molecule has 1 amide bonds. The number of anilines is 1. The van der Waals surface area contributed by atoms with Crippen molar-refractivity contribution in [3.63, 3.8) is 0 Å². The van der Waals surface area contributed by atoms with E-state index in [9.17, 15) is 14.7 Å². The molecule has 6 heteroatoms. The number of phenols is 1. The molecule has 6 nitrogen and oxygen atoms in total. The van der Waals surface area contributed by atoms with Crippen LogP contribution in [0.2, 0.25) is 0 Å². The number of carbonyl (C=O) groups is 2. The molecule has 0 spiro atoms. The largest absolute Gasteiger partial charge is 0.507 e. The van der Waals surface area contributed by atoms with E-state index in [4.69, 9.17) is 5.11 Å². The Morgan fingerprint density at radius 1 is 1.20 bits per heavy atom. The Balaban J connectivity index is 2.20. The van der Waals surface area contributed by atoms with Gasteiger partial charge < -0.3 is 15.5 Å². The molecule has 0 aliphatic rings. The number of pyridine rings is 1. The SMILES string of the molecule is Cc1cc(C(=O)Nc2ccc(C(=O)O)c(O)c2)ccn1. The molecule has 1 aromatic carbocycles. The van der Waals surface area contributed by atoms with Gasteiger partial charge in [0.15, 0.2) is 0 Å². The Morgan fingerprint density at radius 2 is 1.95 bits per heavy atom. The van der Waals surface area contributed by atoms with Gasteiger partial charge in [0.25, 0.3) is 5.91 Å². The minimum Gasteiger partial charge on any atom is -0.507 e. The third kappa shape index (κ3) is 2.92. The van der Waals surface area contributed by atoms with Crippen molar-refractivity contribution in [1.29, 1.82) is 0 Å². The van der Waals surface area contributed by atoms with E-state index in [2.05, 4.69) is 10.3 Å². The maximum absolute atomic E-state index is 12.0. The van der Waals surface area contributed by atoms with Crippen LogP contribution < -0.4 is 5.32 Å². The molecule has 20 heavy (non-hydrogen) atoms. The second kappa shape index (κ2) is 5.40. The molecule has 0 atom stereocenters. The summed E-state index contributed by atoms with van der Waals surface area (Å²) in [5, 5.41) is 20.9. The third-order valence-corrected chi connectivity index (χ3v) is 2.64. The van der Waals surface area contributed by atoms with Crippen LogP contribution >= 0.6 is 0 Å². The molecule has 1 aromatic heterocycles. The van der Waals surface area contributed by atoms with Crippen LogP contribution in [0.3, 0.4) is 0 Å². The summed E-state index contributed by atoms with van der Waals surface area (Å²) < 4.78 is 0. The Hall–Kier alpha value is -2.89. The van der Waals surface area contributed by atoms with Crippen LogP contribution in [0.15, 0.2) is 36.5 Å². The number of rotatable bonds is 3. The van der Waals surface area contributed by atoms with Crippen molar-refractivity contribution in [3.8, 4) is 5.75 Å². The van der Waals surface area contributed by atoms with E-state index in [1.54, 1.807) is 19.1 Å². The number of hydrogen-bond acceptors (Lipinski definition) is 4. The first-order valence-electron chi connectivity index (χ1n) is 5.77. The van der Waals surface area contributed by atoms with Crippen LogP contribution in [0.1, 0.15) is 26.4 Å². The average Bonchev–Trinajstić information content (AvgIpc) is 2.38. The lowest BCUT2D eigenvalue weighted by Gasteiger charge is -2.07. The van der Waals surface area contributed by atoms with Gasteiger partial charge in [0.2, 0.25) is 0 Å². The van der Waals surface area contributed by atoms with Crippen molar-refractivity contribution >= 4 is 17.6 Å². The van der Waals surface area contributed by atoms with E-state index < -0.39 is 11.7 Å². The standard InChI is InChI=1S/C14H12N2O4/c1-8-6-9(4-5-15-8)13(18)16-10-2-3-11(14(19)20)12(17)7-10/h2-7,17H,1H3,(H,16,18)(H,19,20). The lowest BCUT2D eigenvalue weighted by molar-refractivity contribution is 0.0693. The number of carboxylic acid groups (broad SMARTS) is 1. The number of carbonyl (C=O) groups excluding carboxylic acids is 1. The van der Waals surface area contributed by atoms with Gasteiger partial charge in [-0.05, 0) is 31.2 Å². The van der Waals surface area contributed by atoms with Crippen molar-refractivity contribution in [2.75, 3.05) is 5.32 Å². The highest BCUT2D eigenvalue weighted by Gasteiger charge is 2.11. The van der Waals surface area contributed by atoms with Crippen LogP contribution in [0, 0.1) is 6.92 Å². The number of amides is 1. The van der Waals surface area contributed by atoms with Gasteiger partial charge in [-0.25, -0.2) is 4.79 Å². The second-order valence-electron chi connectivity index (χ2n) is 4.18. The second-order valence-corrected chi connectivity index (χ2v) is 4.18. The number of nitrogens with zero attached hydrogens (tertiary/aromatic N) is 1. The molecule has 0 aliphatic heterocycles. The predicted molar refractivity (Wildman–Crippen MR) is 72.0 cm³/mol. The van der Waals surface area contributed by atoms with Gasteiger partial charge in [-0.3, -0.25) is 9.78 Å². The van der Waals surface area contributed by atoms with E-state index in [0.29, 0.717) is 16.9 Å². The summed E-state index contributed by atoms with van der Waals surface area (Å²) in [5.74, 6) is -2.00. The van der Waals surface area contributed by atoms with E-state index in [1.165, 1.54) is 24.4 Å². The highest BCUT2D eigenvalue weighted by Crippen LogP contribution is 2.22. The van der Waals surface area contributed by atoms with Crippen LogP contribution in [0.5, 0.6) is 5.75 Å². The Bertz CT molecular complexity index is 683. The molecular formula is C14H12N2O4. The first kappa shape index (κ1) is 13.5. The minimum absolute atomic E-state index is 0.220. The third-order valence-electron chi connectivity index (χ3n) is 2.64. The maximum atomic E-state index is 12.0. The fourth-order valence-corrected chi connectivity index (χ4v) is 1.68. The topological polar surface area (TPSA) is 99.5 Å². The zero-order valence-corrected chi connectivity index (χ0v) is 10.6. The van der Waals surface area contributed by atoms with Gasteiger partial charge in [0.1, 0.15) is 11.3 Å². The molecule has 2 rings (SSSR count). The number of nitrogens with one attached hydrogen (secondary N) is 1. The number of benzene rings is 1. The number of carboxylic acids is 1. The molecule has 0 saturated carbocycles. The fourth-order valence-electron chi connectivity index (χ4n) is 1.68. The number of aromatic carboxylic acids is 1. The maximum Gasteiger partial charge on any atom is 0.339 e. The Labute approximate surface area is 114 Å². The van der Waals surface area contributed by atoms with Crippen molar-refractivity contribution in [3.05, 3.63) is 53.3 Å². The summed E-state index contributed by atoms with van der Waals surface area (Å²) in [7, 11) is 0. The molecule has 2 aromatic rings. The lowest BCUT2D eigenvalue weighted by Crippen LogP contribution is -2.12. The van der Waals surface area contributed by atoms with Gasteiger partial charge >= 0.3 is 5.97 Å². The van der Waals surface area contributed by atoms with E-state index in [-0.39, 0.29) is 11.5 Å². The first-order chi connectivity index (χ1) is 9.47. The number of hydrogen-bond donors (Lipinski definition) is 3. The molecule has 102 valence electrons. The van der Waals surface area contributed by atoms with Gasteiger partial charge in [-0.2, -0.15) is 0 Å². The number of aromatic nitrogens is 1. The van der Waals surface area contributed by atoms with Crippen molar-refractivity contribution in [1.82, 2.24) is 4.98 Å². The molecule has 3 N–H and O–H groups in total. The van der Waals surface area contributed by atoms with Crippen LogP contribution in [0.4, 0.5) is 5.69 Å². The van der Waals surface area contributed by atoms with Crippen LogP contribution in [-0.4, -0.2) is 27.1 Å². The highest BCUT2D eigenvalue weighted by molar-refractivity contribution is 6.04. The van der Waals surface area contributed by atoms with Gasteiger partial charge in [0.05, 0.1) is 0 Å². The molecule has 0 unspecified atom stereocenters. The van der Waals surface area contributed by atoms with E-state index in [0.717, 1.165) is 0 Å². The monoisotopic (exact) mass is 272 g/mol. The molecule has 0 radical (unpaired) electrons. The van der Waals surface area contributed by atoms with Gasteiger partial charge in [-0.1, -0.05) is 0 Å². The van der Waals surface area contributed by atoms with Crippen molar-refractivity contribution in [2.45, 2.75) is 6.92 Å². The molecule has 0 aliphatic carbocycles. The number of aryl methyl sites for hydroxylation is 1. The summed E-state index contributed by atoms with van der Waals surface area (Å²) in [6, 6.07) is 7.02. The molecule has 0 fully saturated rings. The highest BCUT2D eigenvalue weighted by atomic mass is 16.4. The predicted octanol–water partition coefficient (Wildman–Crippen LogP) is 2.05. The fraction of sp³-hybridized carbons (Fsp3) is 0.0714. The summed E-state index contributed by atoms with van der Waals surface area (Å²) >= 11 is 0. The molecule has 0 bridgehead atoms. The zero-order chi connectivity index (χ0) is 14.7. The van der Waals surface area contributed by atoms with E-state index >= 15 is 0 Å². The molecule has 0 saturated heterocycles. The van der Waals surface area contributed by atoms with Crippen molar-refractivity contribution < 1.29 is 19.8 Å². The summed E-state index contributed by atoms with van der Waals surface area (Å²) in [6.07, 6.45) is 1.52. The Kier molecular flexibility index (Phi) is 3.65. The molecular weight excluding hydrogens is 260 g/mol. The summed E-state index contributed by atoms with van der Waals surface area (Å²) in [4.78, 5) is 26.7.